The minimum atomic E-state index is -0.924. The first-order valence-corrected chi connectivity index (χ1v) is 5.17. The van der Waals surface area contributed by atoms with Crippen molar-refractivity contribution in [3.05, 3.63) is 58.9 Å². The van der Waals surface area contributed by atoms with Crippen LogP contribution in [0.3, 0.4) is 0 Å². The molecule has 0 bridgehead atoms. The third-order valence-electron chi connectivity index (χ3n) is 2.29. The fourth-order valence-corrected chi connectivity index (χ4v) is 1.79. The molecular formula is C12H10ClNO2. The summed E-state index contributed by atoms with van der Waals surface area (Å²) >= 11 is 5.86. The van der Waals surface area contributed by atoms with Gasteiger partial charge >= 0.3 is 5.97 Å². The number of rotatable bonds is 3. The highest BCUT2D eigenvalue weighted by molar-refractivity contribution is 6.30. The smallest absolute Gasteiger partial charge is 0.352 e. The van der Waals surface area contributed by atoms with E-state index in [0.717, 1.165) is 5.56 Å². The van der Waals surface area contributed by atoms with Crippen LogP contribution in [-0.4, -0.2) is 15.6 Å². The van der Waals surface area contributed by atoms with E-state index in [1.54, 1.807) is 29.0 Å². The molecule has 3 nitrogen and oxygen atoms in total. The van der Waals surface area contributed by atoms with Crippen LogP contribution in [0.2, 0.25) is 5.02 Å². The molecule has 0 radical (unpaired) electrons. The van der Waals surface area contributed by atoms with Crippen molar-refractivity contribution in [1.82, 2.24) is 4.57 Å². The van der Waals surface area contributed by atoms with E-state index in [9.17, 15) is 4.79 Å². The zero-order chi connectivity index (χ0) is 11.5. The Balaban J connectivity index is 2.27. The number of aromatic nitrogens is 1. The van der Waals surface area contributed by atoms with E-state index in [2.05, 4.69) is 0 Å². The highest BCUT2D eigenvalue weighted by Crippen LogP contribution is 2.13. The van der Waals surface area contributed by atoms with Gasteiger partial charge in [0.05, 0.1) is 0 Å². The van der Waals surface area contributed by atoms with Gasteiger partial charge in [0.1, 0.15) is 5.69 Å². The molecular weight excluding hydrogens is 226 g/mol. The maximum atomic E-state index is 10.9. The lowest BCUT2D eigenvalue weighted by molar-refractivity contribution is 0.0685. The average molecular weight is 236 g/mol. The maximum Gasteiger partial charge on any atom is 0.352 e. The van der Waals surface area contributed by atoms with Gasteiger partial charge in [-0.05, 0) is 29.8 Å². The van der Waals surface area contributed by atoms with Crippen LogP contribution in [0.4, 0.5) is 0 Å². The molecule has 0 fully saturated rings. The molecule has 1 heterocycles. The predicted octanol–water partition coefficient (Wildman–Crippen LogP) is 2.89. The second-order valence-electron chi connectivity index (χ2n) is 3.46. The average Bonchev–Trinajstić information content (AvgIpc) is 2.66. The lowest BCUT2D eigenvalue weighted by Crippen LogP contribution is -2.08. The van der Waals surface area contributed by atoms with Gasteiger partial charge in [-0.3, -0.25) is 0 Å². The largest absolute Gasteiger partial charge is 0.477 e. The van der Waals surface area contributed by atoms with Crippen LogP contribution in [0.25, 0.3) is 0 Å². The van der Waals surface area contributed by atoms with Gasteiger partial charge < -0.3 is 9.67 Å². The second-order valence-corrected chi connectivity index (χ2v) is 3.89. The van der Waals surface area contributed by atoms with Crippen molar-refractivity contribution < 1.29 is 9.90 Å². The molecule has 0 aliphatic carbocycles. The summed E-state index contributed by atoms with van der Waals surface area (Å²) in [6, 6.07) is 10.7. The summed E-state index contributed by atoms with van der Waals surface area (Å²) in [5, 5.41) is 9.59. The normalized spacial score (nSPS) is 10.3. The zero-order valence-corrected chi connectivity index (χ0v) is 9.19. The Morgan fingerprint density at radius 1 is 1.31 bits per heavy atom. The van der Waals surface area contributed by atoms with E-state index in [-0.39, 0.29) is 5.69 Å². The van der Waals surface area contributed by atoms with Crippen LogP contribution in [-0.2, 0) is 6.54 Å². The minimum Gasteiger partial charge on any atom is -0.477 e. The molecule has 0 amide bonds. The monoisotopic (exact) mass is 235 g/mol. The van der Waals surface area contributed by atoms with Crippen LogP contribution in [0.5, 0.6) is 0 Å². The first-order valence-electron chi connectivity index (χ1n) is 4.80. The Kier molecular flexibility index (Phi) is 2.97. The van der Waals surface area contributed by atoms with Crippen LogP contribution < -0.4 is 0 Å². The molecule has 16 heavy (non-hydrogen) atoms. The van der Waals surface area contributed by atoms with Gasteiger partial charge in [0, 0.05) is 17.8 Å². The Labute approximate surface area is 97.9 Å². The van der Waals surface area contributed by atoms with Crippen molar-refractivity contribution in [3.63, 3.8) is 0 Å². The van der Waals surface area contributed by atoms with Gasteiger partial charge in [0.25, 0.3) is 0 Å². The van der Waals surface area contributed by atoms with Crippen LogP contribution in [0.15, 0.2) is 42.6 Å². The number of carbonyl (C=O) groups is 1. The predicted molar refractivity (Wildman–Crippen MR) is 61.9 cm³/mol. The molecule has 0 aliphatic heterocycles. The molecule has 1 N–H and O–H groups in total. The molecule has 2 aromatic rings. The molecule has 4 heteroatoms. The van der Waals surface area contributed by atoms with E-state index >= 15 is 0 Å². The van der Waals surface area contributed by atoms with E-state index in [1.165, 1.54) is 0 Å². The molecule has 0 saturated heterocycles. The molecule has 0 unspecified atom stereocenters. The molecule has 2 rings (SSSR count). The van der Waals surface area contributed by atoms with Gasteiger partial charge in [-0.1, -0.05) is 23.7 Å². The van der Waals surface area contributed by atoms with Crippen molar-refractivity contribution in [2.75, 3.05) is 0 Å². The minimum absolute atomic E-state index is 0.278. The summed E-state index contributed by atoms with van der Waals surface area (Å²) in [4.78, 5) is 10.9. The van der Waals surface area contributed by atoms with Gasteiger partial charge in [-0.25, -0.2) is 4.79 Å². The first-order chi connectivity index (χ1) is 7.66. The van der Waals surface area contributed by atoms with Crippen molar-refractivity contribution in [2.24, 2.45) is 0 Å². The number of hydrogen-bond acceptors (Lipinski definition) is 1. The van der Waals surface area contributed by atoms with Gasteiger partial charge in [-0.2, -0.15) is 0 Å². The Bertz CT molecular complexity index is 519. The summed E-state index contributed by atoms with van der Waals surface area (Å²) in [7, 11) is 0. The molecule has 0 saturated carbocycles. The molecule has 1 aromatic heterocycles. The quantitative estimate of drug-likeness (QED) is 0.889. The number of carboxylic acid groups (broad SMARTS) is 1. The fraction of sp³-hybridized carbons (Fsp3) is 0.0833. The number of halogens is 1. The van der Waals surface area contributed by atoms with E-state index in [0.29, 0.717) is 11.6 Å². The fourth-order valence-electron chi connectivity index (χ4n) is 1.58. The Hall–Kier alpha value is -1.74. The van der Waals surface area contributed by atoms with Gasteiger partial charge in [0.15, 0.2) is 0 Å². The number of carboxylic acids is 1. The molecule has 82 valence electrons. The number of aromatic carboxylic acids is 1. The zero-order valence-electron chi connectivity index (χ0n) is 8.43. The number of benzene rings is 1. The van der Waals surface area contributed by atoms with Crippen LogP contribution in [0.1, 0.15) is 16.1 Å². The summed E-state index contributed by atoms with van der Waals surface area (Å²) in [6.07, 6.45) is 1.74. The van der Waals surface area contributed by atoms with Crippen molar-refractivity contribution >= 4 is 17.6 Å². The van der Waals surface area contributed by atoms with E-state index in [1.807, 2.05) is 18.2 Å². The highest BCUT2D eigenvalue weighted by Gasteiger charge is 2.08. The first kappa shape index (κ1) is 10.8. The van der Waals surface area contributed by atoms with Crippen molar-refractivity contribution in [1.29, 1.82) is 0 Å². The van der Waals surface area contributed by atoms with Crippen molar-refractivity contribution in [2.45, 2.75) is 6.54 Å². The Morgan fingerprint density at radius 3 is 2.81 bits per heavy atom. The van der Waals surface area contributed by atoms with Gasteiger partial charge in [-0.15, -0.1) is 0 Å². The third kappa shape index (κ3) is 2.25. The third-order valence-corrected chi connectivity index (χ3v) is 2.53. The van der Waals surface area contributed by atoms with Crippen LogP contribution >= 0.6 is 11.6 Å². The number of nitrogens with zero attached hydrogens (tertiary/aromatic N) is 1. The summed E-state index contributed by atoms with van der Waals surface area (Å²) in [5.74, 6) is -0.924. The summed E-state index contributed by atoms with van der Waals surface area (Å²) < 4.78 is 1.67. The molecule has 0 spiro atoms. The molecule has 0 atom stereocenters. The lowest BCUT2D eigenvalue weighted by Gasteiger charge is -2.06. The summed E-state index contributed by atoms with van der Waals surface area (Å²) in [6.45, 7) is 0.509. The SMILES string of the molecule is O=C(O)c1cccn1Cc1cccc(Cl)c1. The van der Waals surface area contributed by atoms with E-state index in [4.69, 9.17) is 16.7 Å². The molecule has 0 aliphatic rings. The van der Waals surface area contributed by atoms with Crippen molar-refractivity contribution in [3.8, 4) is 0 Å². The molecule has 1 aromatic carbocycles. The van der Waals surface area contributed by atoms with Crippen LogP contribution in [0, 0.1) is 0 Å². The summed E-state index contributed by atoms with van der Waals surface area (Å²) in [5.41, 5.74) is 1.26. The van der Waals surface area contributed by atoms with Gasteiger partial charge in [0.2, 0.25) is 0 Å². The lowest BCUT2D eigenvalue weighted by atomic mass is 10.2. The van der Waals surface area contributed by atoms with E-state index < -0.39 is 5.97 Å². The standard InChI is InChI=1S/C12H10ClNO2/c13-10-4-1-3-9(7-10)8-14-6-2-5-11(14)12(15)16/h1-7H,8H2,(H,15,16). The number of hydrogen-bond donors (Lipinski definition) is 1. The topological polar surface area (TPSA) is 42.2 Å². The highest BCUT2D eigenvalue weighted by atomic mass is 35.5. The maximum absolute atomic E-state index is 10.9. The second kappa shape index (κ2) is 4.41. The Morgan fingerprint density at radius 2 is 2.12 bits per heavy atom.